The molecule has 0 radical (unpaired) electrons. The third-order valence-electron chi connectivity index (χ3n) is 2.17. The first kappa shape index (κ1) is 11.7. The SMILES string of the molecule is CC(C)CCNCc1ccnc(C#N)c1. The van der Waals surface area contributed by atoms with Gasteiger partial charge in [0.15, 0.2) is 0 Å². The molecule has 0 atom stereocenters. The zero-order valence-corrected chi connectivity index (χ0v) is 9.33. The minimum absolute atomic E-state index is 0.484. The summed E-state index contributed by atoms with van der Waals surface area (Å²) in [4.78, 5) is 3.93. The largest absolute Gasteiger partial charge is 0.313 e. The van der Waals surface area contributed by atoms with Crippen LogP contribution in [0.5, 0.6) is 0 Å². The van der Waals surface area contributed by atoms with Crippen LogP contribution in [0.4, 0.5) is 0 Å². The van der Waals surface area contributed by atoms with E-state index >= 15 is 0 Å². The van der Waals surface area contributed by atoms with Gasteiger partial charge in [-0.1, -0.05) is 13.8 Å². The summed E-state index contributed by atoms with van der Waals surface area (Å²) in [6.45, 7) is 6.25. The Morgan fingerprint density at radius 2 is 2.33 bits per heavy atom. The number of pyridine rings is 1. The van der Waals surface area contributed by atoms with Crippen molar-refractivity contribution in [3.05, 3.63) is 29.6 Å². The van der Waals surface area contributed by atoms with Crippen LogP contribution in [-0.4, -0.2) is 11.5 Å². The molecule has 1 rings (SSSR count). The van der Waals surface area contributed by atoms with Crippen molar-refractivity contribution in [2.45, 2.75) is 26.8 Å². The number of nitriles is 1. The van der Waals surface area contributed by atoms with Gasteiger partial charge in [-0.25, -0.2) is 4.98 Å². The summed E-state index contributed by atoms with van der Waals surface area (Å²) in [5, 5.41) is 12.0. The molecule has 0 aliphatic rings. The van der Waals surface area contributed by atoms with Crippen molar-refractivity contribution in [1.82, 2.24) is 10.3 Å². The van der Waals surface area contributed by atoms with Crippen molar-refractivity contribution in [3.63, 3.8) is 0 Å². The lowest BCUT2D eigenvalue weighted by molar-refractivity contribution is 0.537. The standard InChI is InChI=1S/C12H17N3/c1-10(2)3-5-14-9-11-4-6-15-12(7-11)8-13/h4,6-7,10,14H,3,5,9H2,1-2H3. The Morgan fingerprint density at radius 3 is 3.00 bits per heavy atom. The summed E-state index contributed by atoms with van der Waals surface area (Å²) in [5.41, 5.74) is 1.60. The van der Waals surface area contributed by atoms with E-state index in [1.807, 2.05) is 18.2 Å². The third kappa shape index (κ3) is 4.57. The van der Waals surface area contributed by atoms with Gasteiger partial charge in [-0.15, -0.1) is 0 Å². The Labute approximate surface area is 91.1 Å². The Kier molecular flexibility index (Phi) is 4.79. The molecule has 0 aliphatic heterocycles. The number of aromatic nitrogens is 1. The monoisotopic (exact) mass is 203 g/mol. The number of nitrogens with zero attached hydrogens (tertiary/aromatic N) is 2. The molecule has 0 aliphatic carbocycles. The summed E-state index contributed by atoms with van der Waals surface area (Å²) in [5.74, 6) is 0.726. The first-order valence-electron chi connectivity index (χ1n) is 5.28. The molecule has 0 unspecified atom stereocenters. The van der Waals surface area contributed by atoms with Crippen molar-refractivity contribution in [1.29, 1.82) is 5.26 Å². The fraction of sp³-hybridized carbons (Fsp3) is 0.500. The van der Waals surface area contributed by atoms with Gasteiger partial charge in [0.1, 0.15) is 11.8 Å². The lowest BCUT2D eigenvalue weighted by Crippen LogP contribution is -2.16. The van der Waals surface area contributed by atoms with Crippen LogP contribution in [0.3, 0.4) is 0 Å². The minimum Gasteiger partial charge on any atom is -0.313 e. The molecule has 1 aromatic rings. The van der Waals surface area contributed by atoms with Gasteiger partial charge >= 0.3 is 0 Å². The molecule has 0 aromatic carbocycles. The van der Waals surface area contributed by atoms with Crippen LogP contribution in [0.1, 0.15) is 31.5 Å². The van der Waals surface area contributed by atoms with Gasteiger partial charge in [0.05, 0.1) is 0 Å². The van der Waals surface area contributed by atoms with E-state index in [2.05, 4.69) is 24.1 Å². The van der Waals surface area contributed by atoms with E-state index in [-0.39, 0.29) is 0 Å². The fourth-order valence-corrected chi connectivity index (χ4v) is 1.27. The maximum absolute atomic E-state index is 8.67. The molecule has 3 nitrogen and oxygen atoms in total. The number of nitrogens with one attached hydrogen (secondary N) is 1. The van der Waals surface area contributed by atoms with E-state index in [1.54, 1.807) is 6.20 Å². The zero-order chi connectivity index (χ0) is 11.1. The Morgan fingerprint density at radius 1 is 1.53 bits per heavy atom. The van der Waals surface area contributed by atoms with Gasteiger partial charge in [-0.05, 0) is 36.6 Å². The summed E-state index contributed by atoms with van der Waals surface area (Å²) >= 11 is 0. The second-order valence-corrected chi connectivity index (χ2v) is 4.02. The van der Waals surface area contributed by atoms with E-state index in [4.69, 9.17) is 5.26 Å². The predicted molar refractivity (Wildman–Crippen MR) is 60.1 cm³/mol. The van der Waals surface area contributed by atoms with Crippen molar-refractivity contribution in [2.24, 2.45) is 5.92 Å². The highest BCUT2D eigenvalue weighted by molar-refractivity contribution is 5.25. The highest BCUT2D eigenvalue weighted by atomic mass is 14.8. The molecule has 1 N–H and O–H groups in total. The highest BCUT2D eigenvalue weighted by Crippen LogP contribution is 2.01. The molecule has 1 heterocycles. The summed E-state index contributed by atoms with van der Waals surface area (Å²) < 4.78 is 0. The molecule has 0 amide bonds. The minimum atomic E-state index is 0.484. The molecule has 0 fully saturated rings. The molecule has 3 heteroatoms. The molecule has 15 heavy (non-hydrogen) atoms. The normalized spacial score (nSPS) is 10.3. The molecule has 1 aromatic heterocycles. The van der Waals surface area contributed by atoms with Crippen molar-refractivity contribution >= 4 is 0 Å². The maximum Gasteiger partial charge on any atom is 0.140 e. The second-order valence-electron chi connectivity index (χ2n) is 4.02. The quantitative estimate of drug-likeness (QED) is 0.745. The molecule has 0 saturated carbocycles. The Hall–Kier alpha value is -1.40. The maximum atomic E-state index is 8.67. The van der Waals surface area contributed by atoms with Gasteiger partial charge in [0, 0.05) is 12.7 Å². The second kappa shape index (κ2) is 6.15. The average molecular weight is 203 g/mol. The fourth-order valence-electron chi connectivity index (χ4n) is 1.27. The first-order valence-corrected chi connectivity index (χ1v) is 5.28. The van der Waals surface area contributed by atoms with Crippen LogP contribution in [0.2, 0.25) is 0 Å². The lowest BCUT2D eigenvalue weighted by Gasteiger charge is -2.06. The molecular weight excluding hydrogens is 186 g/mol. The van der Waals surface area contributed by atoms with Gasteiger partial charge in [0.2, 0.25) is 0 Å². The van der Waals surface area contributed by atoms with E-state index in [1.165, 1.54) is 6.42 Å². The predicted octanol–water partition coefficient (Wildman–Crippen LogP) is 2.09. The van der Waals surface area contributed by atoms with Crippen LogP contribution in [0, 0.1) is 17.2 Å². The lowest BCUT2D eigenvalue weighted by atomic mass is 10.1. The Bertz CT molecular complexity index is 339. The van der Waals surface area contributed by atoms with Crippen LogP contribution in [0.25, 0.3) is 0 Å². The van der Waals surface area contributed by atoms with E-state index in [0.29, 0.717) is 5.69 Å². The molecule has 80 valence electrons. The zero-order valence-electron chi connectivity index (χ0n) is 9.33. The smallest absolute Gasteiger partial charge is 0.140 e. The molecule has 0 bridgehead atoms. The molecule has 0 saturated heterocycles. The van der Waals surface area contributed by atoms with E-state index < -0.39 is 0 Å². The topological polar surface area (TPSA) is 48.7 Å². The molecule has 0 spiro atoms. The van der Waals surface area contributed by atoms with Gasteiger partial charge in [-0.2, -0.15) is 5.26 Å². The first-order chi connectivity index (χ1) is 7.22. The van der Waals surface area contributed by atoms with Crippen molar-refractivity contribution < 1.29 is 0 Å². The van der Waals surface area contributed by atoms with E-state index in [0.717, 1.165) is 24.6 Å². The highest BCUT2D eigenvalue weighted by Gasteiger charge is 1.97. The number of hydrogen-bond acceptors (Lipinski definition) is 3. The van der Waals surface area contributed by atoms with Crippen LogP contribution < -0.4 is 5.32 Å². The van der Waals surface area contributed by atoms with Crippen molar-refractivity contribution in [2.75, 3.05) is 6.54 Å². The number of hydrogen-bond donors (Lipinski definition) is 1. The molecular formula is C12H17N3. The van der Waals surface area contributed by atoms with Crippen LogP contribution in [0.15, 0.2) is 18.3 Å². The van der Waals surface area contributed by atoms with Gasteiger partial charge in [0.25, 0.3) is 0 Å². The average Bonchev–Trinajstić information content (AvgIpc) is 2.24. The van der Waals surface area contributed by atoms with Crippen LogP contribution >= 0.6 is 0 Å². The summed E-state index contributed by atoms with van der Waals surface area (Å²) in [6.07, 6.45) is 2.86. The van der Waals surface area contributed by atoms with Gasteiger partial charge < -0.3 is 5.32 Å². The number of rotatable bonds is 5. The van der Waals surface area contributed by atoms with Crippen molar-refractivity contribution in [3.8, 4) is 6.07 Å². The Balaban J connectivity index is 2.35. The van der Waals surface area contributed by atoms with Gasteiger partial charge in [-0.3, -0.25) is 0 Å². The van der Waals surface area contributed by atoms with E-state index in [9.17, 15) is 0 Å². The summed E-state index contributed by atoms with van der Waals surface area (Å²) in [7, 11) is 0. The third-order valence-corrected chi connectivity index (χ3v) is 2.17. The van der Waals surface area contributed by atoms with Crippen LogP contribution in [-0.2, 0) is 6.54 Å². The summed E-state index contributed by atoms with van der Waals surface area (Å²) in [6, 6.07) is 5.79.